The van der Waals surface area contributed by atoms with Crippen LogP contribution in [0.4, 0.5) is 13.6 Å². The number of hydrogen-bond acceptors (Lipinski definition) is 3. The summed E-state index contributed by atoms with van der Waals surface area (Å²) in [6, 6.07) is 3.06. The standard InChI is InChI=1S/C14H19F2N3O2/c1-21-6-5-19-7-10(12(8-19)18-14(17)20)9-3-2-4-11(15)13(9)16/h2-4,10,12H,5-8H2,1H3,(H3,17,18,20)/t10-,12+/m0/s1. The second-order valence-electron chi connectivity index (χ2n) is 5.12. The van der Waals surface area contributed by atoms with E-state index in [2.05, 4.69) is 5.32 Å². The van der Waals surface area contributed by atoms with Gasteiger partial charge in [-0.15, -0.1) is 0 Å². The molecule has 0 unspecified atom stereocenters. The maximum absolute atomic E-state index is 14.0. The molecule has 0 spiro atoms. The average molecular weight is 299 g/mol. The van der Waals surface area contributed by atoms with Gasteiger partial charge < -0.3 is 15.8 Å². The maximum atomic E-state index is 14.0. The third-order valence-corrected chi connectivity index (χ3v) is 3.72. The Balaban J connectivity index is 2.21. The molecule has 7 heteroatoms. The molecule has 116 valence electrons. The normalized spacial score (nSPS) is 22.4. The topological polar surface area (TPSA) is 67.6 Å². The summed E-state index contributed by atoms with van der Waals surface area (Å²) in [7, 11) is 1.60. The van der Waals surface area contributed by atoms with Crippen LogP contribution in [0.3, 0.4) is 0 Å². The van der Waals surface area contributed by atoms with Crippen molar-refractivity contribution in [2.24, 2.45) is 5.73 Å². The van der Waals surface area contributed by atoms with E-state index < -0.39 is 17.7 Å². The number of amides is 2. The summed E-state index contributed by atoms with van der Waals surface area (Å²) >= 11 is 0. The highest BCUT2D eigenvalue weighted by Gasteiger charge is 2.36. The van der Waals surface area contributed by atoms with Gasteiger partial charge in [-0.25, -0.2) is 13.6 Å². The molecule has 0 aromatic heterocycles. The number of carbonyl (C=O) groups excluding carboxylic acids is 1. The van der Waals surface area contributed by atoms with Gasteiger partial charge in [-0.1, -0.05) is 12.1 Å². The quantitative estimate of drug-likeness (QED) is 0.854. The lowest BCUT2D eigenvalue weighted by Gasteiger charge is -2.19. The van der Waals surface area contributed by atoms with Crippen LogP contribution in [0.15, 0.2) is 18.2 Å². The number of carbonyl (C=O) groups is 1. The van der Waals surface area contributed by atoms with E-state index in [0.29, 0.717) is 26.2 Å². The highest BCUT2D eigenvalue weighted by atomic mass is 19.2. The van der Waals surface area contributed by atoms with Crippen LogP contribution in [0, 0.1) is 11.6 Å². The fourth-order valence-corrected chi connectivity index (χ4v) is 2.74. The van der Waals surface area contributed by atoms with Crippen molar-refractivity contribution < 1.29 is 18.3 Å². The molecule has 21 heavy (non-hydrogen) atoms. The van der Waals surface area contributed by atoms with E-state index in [4.69, 9.17) is 10.5 Å². The summed E-state index contributed by atoms with van der Waals surface area (Å²) in [5.41, 5.74) is 5.42. The number of likely N-dealkylation sites (tertiary alicyclic amines) is 1. The van der Waals surface area contributed by atoms with Crippen LogP contribution in [0.25, 0.3) is 0 Å². The minimum Gasteiger partial charge on any atom is -0.383 e. The Morgan fingerprint density at radius 2 is 2.24 bits per heavy atom. The molecule has 2 amide bonds. The number of benzene rings is 1. The second kappa shape index (κ2) is 6.82. The Bertz CT molecular complexity index is 513. The van der Waals surface area contributed by atoms with Crippen LogP contribution in [0.2, 0.25) is 0 Å². The second-order valence-corrected chi connectivity index (χ2v) is 5.12. The van der Waals surface area contributed by atoms with Gasteiger partial charge in [0.2, 0.25) is 0 Å². The van der Waals surface area contributed by atoms with E-state index in [1.54, 1.807) is 13.2 Å². The predicted molar refractivity (Wildman–Crippen MR) is 73.9 cm³/mol. The molecule has 3 N–H and O–H groups in total. The number of ether oxygens (including phenoxy) is 1. The monoisotopic (exact) mass is 299 g/mol. The SMILES string of the molecule is COCCN1C[C@@H](NC(N)=O)[C@H](c2cccc(F)c2F)C1. The number of primary amides is 1. The molecule has 1 aliphatic heterocycles. The van der Waals surface area contributed by atoms with Gasteiger partial charge in [0, 0.05) is 32.7 Å². The van der Waals surface area contributed by atoms with Crippen LogP contribution >= 0.6 is 0 Å². The van der Waals surface area contributed by atoms with Crippen molar-refractivity contribution in [2.75, 3.05) is 33.4 Å². The fourth-order valence-electron chi connectivity index (χ4n) is 2.74. The van der Waals surface area contributed by atoms with Gasteiger partial charge in [-0.2, -0.15) is 0 Å². The van der Waals surface area contributed by atoms with Crippen LogP contribution in [-0.4, -0.2) is 50.3 Å². The lowest BCUT2D eigenvalue weighted by Crippen LogP contribution is -2.43. The van der Waals surface area contributed by atoms with Crippen molar-refractivity contribution in [3.05, 3.63) is 35.4 Å². The third-order valence-electron chi connectivity index (χ3n) is 3.72. The zero-order chi connectivity index (χ0) is 15.4. The van der Waals surface area contributed by atoms with Gasteiger partial charge in [-0.3, -0.25) is 4.90 Å². The molecule has 0 saturated carbocycles. The number of nitrogens with two attached hydrogens (primary N) is 1. The predicted octanol–water partition coefficient (Wildman–Crippen LogP) is 1.05. The molecular weight excluding hydrogens is 280 g/mol. The summed E-state index contributed by atoms with van der Waals surface area (Å²) in [5, 5.41) is 2.61. The molecule has 2 atom stereocenters. The maximum Gasteiger partial charge on any atom is 0.312 e. The fraction of sp³-hybridized carbons (Fsp3) is 0.500. The van der Waals surface area contributed by atoms with Gasteiger partial charge in [0.1, 0.15) is 0 Å². The van der Waals surface area contributed by atoms with Gasteiger partial charge >= 0.3 is 6.03 Å². The van der Waals surface area contributed by atoms with Crippen molar-refractivity contribution in [3.8, 4) is 0 Å². The first-order chi connectivity index (χ1) is 10.0. The highest BCUT2D eigenvalue weighted by Crippen LogP contribution is 2.30. The largest absolute Gasteiger partial charge is 0.383 e. The van der Waals surface area contributed by atoms with Crippen molar-refractivity contribution in [3.63, 3.8) is 0 Å². The van der Waals surface area contributed by atoms with E-state index in [-0.39, 0.29) is 17.5 Å². The number of rotatable bonds is 5. The first-order valence-electron chi connectivity index (χ1n) is 6.74. The number of urea groups is 1. The number of methoxy groups -OCH3 is 1. The van der Waals surface area contributed by atoms with E-state index >= 15 is 0 Å². The molecule has 0 radical (unpaired) electrons. The van der Waals surface area contributed by atoms with E-state index in [1.807, 2.05) is 4.90 Å². The van der Waals surface area contributed by atoms with E-state index in [1.165, 1.54) is 6.07 Å². The molecule has 2 rings (SSSR count). The van der Waals surface area contributed by atoms with Crippen LogP contribution in [0.5, 0.6) is 0 Å². The Hall–Kier alpha value is -1.73. The molecule has 1 saturated heterocycles. The number of nitrogens with zero attached hydrogens (tertiary/aromatic N) is 1. The zero-order valence-electron chi connectivity index (χ0n) is 11.8. The Morgan fingerprint density at radius 3 is 2.90 bits per heavy atom. The molecule has 1 heterocycles. The summed E-state index contributed by atoms with van der Waals surface area (Å²) in [6.07, 6.45) is 0. The summed E-state index contributed by atoms with van der Waals surface area (Å²) in [5.74, 6) is -2.10. The zero-order valence-corrected chi connectivity index (χ0v) is 11.8. The van der Waals surface area contributed by atoms with Gasteiger partial charge in [0.25, 0.3) is 0 Å². The lowest BCUT2D eigenvalue weighted by molar-refractivity contribution is 0.159. The molecular formula is C14H19F2N3O2. The average Bonchev–Trinajstić information content (AvgIpc) is 2.81. The van der Waals surface area contributed by atoms with Gasteiger partial charge in [-0.05, 0) is 11.6 Å². The number of halogens is 2. The molecule has 5 nitrogen and oxygen atoms in total. The van der Waals surface area contributed by atoms with Gasteiger partial charge in [0.05, 0.1) is 12.6 Å². The van der Waals surface area contributed by atoms with Crippen molar-refractivity contribution in [2.45, 2.75) is 12.0 Å². The Morgan fingerprint density at radius 1 is 1.48 bits per heavy atom. The van der Waals surface area contributed by atoms with Gasteiger partial charge in [0.15, 0.2) is 11.6 Å². The minimum absolute atomic E-state index is 0.258. The van der Waals surface area contributed by atoms with Crippen LogP contribution in [-0.2, 0) is 4.74 Å². The first-order valence-corrected chi connectivity index (χ1v) is 6.74. The molecule has 1 aliphatic rings. The minimum atomic E-state index is -0.888. The summed E-state index contributed by atoms with van der Waals surface area (Å²) in [6.45, 7) is 2.21. The van der Waals surface area contributed by atoms with Crippen molar-refractivity contribution >= 4 is 6.03 Å². The highest BCUT2D eigenvalue weighted by molar-refractivity contribution is 5.72. The Kier molecular flexibility index (Phi) is 5.08. The van der Waals surface area contributed by atoms with E-state index in [0.717, 1.165) is 6.07 Å². The first kappa shape index (κ1) is 15.7. The van der Waals surface area contributed by atoms with E-state index in [9.17, 15) is 13.6 Å². The molecule has 1 fully saturated rings. The number of hydrogen-bond donors (Lipinski definition) is 2. The number of nitrogens with one attached hydrogen (secondary N) is 1. The molecule has 0 bridgehead atoms. The smallest absolute Gasteiger partial charge is 0.312 e. The third kappa shape index (κ3) is 3.68. The molecule has 1 aromatic carbocycles. The summed E-state index contributed by atoms with van der Waals surface area (Å²) < 4.78 is 32.4. The van der Waals surface area contributed by atoms with Crippen LogP contribution in [0.1, 0.15) is 11.5 Å². The molecule has 1 aromatic rings. The van der Waals surface area contributed by atoms with Crippen molar-refractivity contribution in [1.29, 1.82) is 0 Å². The van der Waals surface area contributed by atoms with Crippen LogP contribution < -0.4 is 11.1 Å². The van der Waals surface area contributed by atoms with Crippen molar-refractivity contribution in [1.82, 2.24) is 10.2 Å². The Labute approximate surface area is 122 Å². The summed E-state index contributed by atoms with van der Waals surface area (Å²) in [4.78, 5) is 13.1. The lowest BCUT2D eigenvalue weighted by atomic mass is 9.93. The molecule has 0 aliphatic carbocycles.